The number of halogens is 1. The number of carbonyl (C=O) groups is 4. The van der Waals surface area contributed by atoms with Gasteiger partial charge in [-0.2, -0.15) is 0 Å². The third-order valence-corrected chi connectivity index (χ3v) is 5.27. The second-order valence-electron chi connectivity index (χ2n) is 6.98. The average Bonchev–Trinajstić information content (AvgIpc) is 2.77. The lowest BCUT2D eigenvalue weighted by Gasteiger charge is -2.19. The Morgan fingerprint density at radius 3 is 2.10 bits per heavy atom. The molecule has 0 radical (unpaired) electrons. The van der Waals surface area contributed by atoms with E-state index < -0.39 is 18.0 Å². The number of nitrogens with one attached hydrogen (secondary N) is 1. The summed E-state index contributed by atoms with van der Waals surface area (Å²) in [5.41, 5.74) is 1.63. The van der Waals surface area contributed by atoms with Gasteiger partial charge in [0.25, 0.3) is 5.91 Å². The van der Waals surface area contributed by atoms with Crippen molar-refractivity contribution in [1.82, 2.24) is 0 Å². The number of hydrogen-bond acceptors (Lipinski definition) is 5. The second kappa shape index (κ2) is 8.16. The van der Waals surface area contributed by atoms with Crippen LogP contribution in [0.5, 0.6) is 0 Å². The number of ketones is 2. The maximum atomic E-state index is 12.8. The van der Waals surface area contributed by atoms with E-state index in [0.29, 0.717) is 16.8 Å². The van der Waals surface area contributed by atoms with Crippen molar-refractivity contribution in [2.24, 2.45) is 0 Å². The second-order valence-corrected chi connectivity index (χ2v) is 7.39. The van der Waals surface area contributed by atoms with Crippen LogP contribution in [-0.2, 0) is 9.53 Å². The van der Waals surface area contributed by atoms with Gasteiger partial charge in [-0.05, 0) is 37.3 Å². The predicted molar refractivity (Wildman–Crippen MR) is 115 cm³/mol. The van der Waals surface area contributed by atoms with Crippen molar-refractivity contribution < 1.29 is 23.9 Å². The van der Waals surface area contributed by atoms with Crippen molar-refractivity contribution in [3.63, 3.8) is 0 Å². The topological polar surface area (TPSA) is 89.5 Å². The maximum absolute atomic E-state index is 12.8. The van der Waals surface area contributed by atoms with E-state index in [1.165, 1.54) is 31.2 Å². The van der Waals surface area contributed by atoms with Gasteiger partial charge in [-0.25, -0.2) is 4.79 Å². The first-order valence-corrected chi connectivity index (χ1v) is 9.83. The Morgan fingerprint density at radius 2 is 1.42 bits per heavy atom. The van der Waals surface area contributed by atoms with E-state index in [-0.39, 0.29) is 33.3 Å². The van der Waals surface area contributed by atoms with E-state index in [0.717, 1.165) is 0 Å². The largest absolute Gasteiger partial charge is 0.449 e. The highest BCUT2D eigenvalue weighted by Crippen LogP contribution is 2.29. The lowest BCUT2D eigenvalue weighted by atomic mass is 9.84. The third-order valence-electron chi connectivity index (χ3n) is 4.94. The summed E-state index contributed by atoms with van der Waals surface area (Å²) in [6.07, 6.45) is -1.11. The van der Waals surface area contributed by atoms with Crippen LogP contribution in [0.25, 0.3) is 0 Å². The molecule has 6 nitrogen and oxygen atoms in total. The summed E-state index contributed by atoms with van der Waals surface area (Å²) in [4.78, 5) is 50.2. The smallest absolute Gasteiger partial charge is 0.340 e. The van der Waals surface area contributed by atoms with Crippen molar-refractivity contribution in [1.29, 1.82) is 0 Å². The highest BCUT2D eigenvalue weighted by Gasteiger charge is 2.30. The summed E-state index contributed by atoms with van der Waals surface area (Å²) in [6.45, 7) is 1.42. The highest BCUT2D eigenvalue weighted by molar-refractivity contribution is 6.33. The SMILES string of the molecule is CC(OC(=O)c1ccccc1Cl)C(=O)Nc1ccc2c(c1)C(=O)c1ccccc1C2=O. The standard InChI is InChI=1S/C24H16ClNO5/c1-13(31-24(30)18-8-4-5-9-20(18)25)23(29)26-14-10-11-17-19(12-14)22(28)16-7-3-2-6-15(16)21(17)27/h2-13H,1H3,(H,26,29). The van der Waals surface area contributed by atoms with Crippen molar-refractivity contribution in [3.8, 4) is 0 Å². The molecule has 1 aliphatic carbocycles. The zero-order valence-corrected chi connectivity index (χ0v) is 17.1. The Kier molecular flexibility index (Phi) is 5.40. The van der Waals surface area contributed by atoms with E-state index in [9.17, 15) is 19.2 Å². The fourth-order valence-electron chi connectivity index (χ4n) is 3.33. The van der Waals surface area contributed by atoms with Gasteiger partial charge in [-0.15, -0.1) is 0 Å². The summed E-state index contributed by atoms with van der Waals surface area (Å²) in [6, 6.07) is 17.4. The molecule has 154 valence electrons. The van der Waals surface area contributed by atoms with Gasteiger partial charge >= 0.3 is 5.97 Å². The molecule has 1 unspecified atom stereocenters. The lowest BCUT2D eigenvalue weighted by molar-refractivity contribution is -0.123. The molecule has 1 atom stereocenters. The minimum absolute atomic E-state index is 0.153. The van der Waals surface area contributed by atoms with Gasteiger partial charge in [0.05, 0.1) is 10.6 Å². The molecule has 1 aliphatic rings. The summed E-state index contributed by atoms with van der Waals surface area (Å²) in [7, 11) is 0. The Balaban J connectivity index is 1.51. The molecule has 0 bridgehead atoms. The van der Waals surface area contributed by atoms with Crippen molar-refractivity contribution in [3.05, 3.63) is 99.6 Å². The van der Waals surface area contributed by atoms with Crippen LogP contribution >= 0.6 is 11.6 Å². The molecular weight excluding hydrogens is 418 g/mol. The van der Waals surface area contributed by atoms with Crippen molar-refractivity contribution >= 4 is 40.7 Å². The lowest BCUT2D eigenvalue weighted by Crippen LogP contribution is -2.30. The van der Waals surface area contributed by atoms with Crippen LogP contribution in [0.2, 0.25) is 5.02 Å². The first kappa shape index (κ1) is 20.5. The highest BCUT2D eigenvalue weighted by atomic mass is 35.5. The Labute approximate surface area is 182 Å². The van der Waals surface area contributed by atoms with Crippen molar-refractivity contribution in [2.45, 2.75) is 13.0 Å². The fourth-order valence-corrected chi connectivity index (χ4v) is 3.54. The Hall–Kier alpha value is -3.77. The van der Waals surface area contributed by atoms with Gasteiger partial charge in [0.15, 0.2) is 17.7 Å². The number of benzene rings is 3. The van der Waals surface area contributed by atoms with Gasteiger partial charge < -0.3 is 10.1 Å². The van der Waals surface area contributed by atoms with Crippen LogP contribution in [0.4, 0.5) is 5.69 Å². The zero-order valence-electron chi connectivity index (χ0n) is 16.3. The molecule has 0 fully saturated rings. The van der Waals surface area contributed by atoms with E-state index in [2.05, 4.69) is 5.32 Å². The fraction of sp³-hybridized carbons (Fsp3) is 0.0833. The quantitative estimate of drug-likeness (QED) is 0.485. The molecule has 0 saturated heterocycles. The Morgan fingerprint density at radius 1 is 0.839 bits per heavy atom. The molecule has 0 aliphatic heterocycles. The monoisotopic (exact) mass is 433 g/mol. The molecule has 0 heterocycles. The van der Waals surface area contributed by atoms with Crippen LogP contribution in [0.15, 0.2) is 66.7 Å². The predicted octanol–water partition coefficient (Wildman–Crippen LogP) is 4.30. The molecule has 1 N–H and O–H groups in total. The van der Waals surface area contributed by atoms with Crippen LogP contribution < -0.4 is 5.32 Å². The van der Waals surface area contributed by atoms with Crippen LogP contribution in [0.1, 0.15) is 49.1 Å². The molecule has 0 aromatic heterocycles. The van der Waals surface area contributed by atoms with Gasteiger partial charge in [-0.1, -0.05) is 48.0 Å². The first-order valence-electron chi connectivity index (χ1n) is 9.45. The number of carbonyl (C=O) groups excluding carboxylic acids is 4. The summed E-state index contributed by atoms with van der Waals surface area (Å²) in [5, 5.41) is 2.83. The van der Waals surface area contributed by atoms with E-state index in [1.54, 1.807) is 42.5 Å². The number of rotatable bonds is 4. The minimum Gasteiger partial charge on any atom is -0.449 e. The van der Waals surface area contributed by atoms with Gasteiger partial charge in [0.1, 0.15) is 0 Å². The molecule has 4 rings (SSSR count). The molecule has 0 spiro atoms. The number of esters is 1. The summed E-state index contributed by atoms with van der Waals surface area (Å²) >= 11 is 5.98. The molecule has 0 saturated carbocycles. The van der Waals surface area contributed by atoms with Crippen LogP contribution in [0, 0.1) is 0 Å². The minimum atomic E-state index is -1.11. The molecule has 1 amide bonds. The maximum Gasteiger partial charge on any atom is 0.340 e. The van der Waals surface area contributed by atoms with Gasteiger partial charge in [-0.3, -0.25) is 14.4 Å². The third kappa shape index (κ3) is 3.85. The zero-order chi connectivity index (χ0) is 22.1. The summed E-state index contributed by atoms with van der Waals surface area (Å²) in [5.74, 6) is -1.85. The number of hydrogen-bond donors (Lipinski definition) is 1. The number of fused-ring (bicyclic) bond motifs is 2. The number of amides is 1. The molecule has 31 heavy (non-hydrogen) atoms. The van der Waals surface area contributed by atoms with Crippen LogP contribution in [-0.4, -0.2) is 29.5 Å². The first-order chi connectivity index (χ1) is 14.9. The van der Waals surface area contributed by atoms with E-state index >= 15 is 0 Å². The van der Waals surface area contributed by atoms with Gasteiger partial charge in [0, 0.05) is 27.9 Å². The molecule has 3 aromatic rings. The van der Waals surface area contributed by atoms with Crippen molar-refractivity contribution in [2.75, 3.05) is 5.32 Å². The number of anilines is 1. The molecular formula is C24H16ClNO5. The average molecular weight is 434 g/mol. The van der Waals surface area contributed by atoms with Crippen LogP contribution in [0.3, 0.4) is 0 Å². The normalized spacial score (nSPS) is 13.1. The summed E-state index contributed by atoms with van der Waals surface area (Å²) < 4.78 is 5.19. The van der Waals surface area contributed by atoms with Gasteiger partial charge in [0.2, 0.25) is 0 Å². The Bertz CT molecular complexity index is 1250. The van der Waals surface area contributed by atoms with E-state index in [4.69, 9.17) is 16.3 Å². The van der Waals surface area contributed by atoms with E-state index in [1.807, 2.05) is 0 Å². The number of ether oxygens (including phenoxy) is 1. The molecule has 3 aromatic carbocycles. The molecule has 7 heteroatoms.